The number of methoxy groups -OCH3 is 1. The number of carbonyl (C=O) groups excluding carboxylic acids is 3. The summed E-state index contributed by atoms with van der Waals surface area (Å²) in [6.45, 7) is 0. The average Bonchev–Trinajstić information content (AvgIpc) is 2.55. The van der Waals surface area contributed by atoms with Crippen LogP contribution >= 0.6 is 11.6 Å². The van der Waals surface area contributed by atoms with Gasteiger partial charge in [-0.25, -0.2) is 4.79 Å². The zero-order valence-electron chi connectivity index (χ0n) is 12.1. The standard InChI is InChI=1S/C16H13ClN2O4/c1-23-16(22)12-8-11(6-7-13(12)17)19-15(21)10-4-2-9(3-5-10)14(18)20/h2-8H,1H3,(H2,18,20)(H,19,21). The minimum atomic E-state index is -0.600. The van der Waals surface area contributed by atoms with Gasteiger partial charge in [-0.05, 0) is 42.5 Å². The maximum absolute atomic E-state index is 12.2. The molecule has 0 heterocycles. The first-order chi connectivity index (χ1) is 10.9. The van der Waals surface area contributed by atoms with Crippen molar-refractivity contribution < 1.29 is 19.1 Å². The number of amides is 2. The van der Waals surface area contributed by atoms with Crippen molar-refractivity contribution in [2.75, 3.05) is 12.4 Å². The van der Waals surface area contributed by atoms with E-state index in [1.165, 1.54) is 43.5 Å². The van der Waals surface area contributed by atoms with Gasteiger partial charge in [-0.1, -0.05) is 11.6 Å². The third-order valence-corrected chi connectivity index (χ3v) is 3.39. The van der Waals surface area contributed by atoms with Crippen LogP contribution < -0.4 is 11.1 Å². The molecule has 2 aromatic rings. The van der Waals surface area contributed by atoms with E-state index in [1.807, 2.05) is 0 Å². The molecule has 23 heavy (non-hydrogen) atoms. The van der Waals surface area contributed by atoms with E-state index in [9.17, 15) is 14.4 Å². The summed E-state index contributed by atoms with van der Waals surface area (Å²) in [6.07, 6.45) is 0. The lowest BCUT2D eigenvalue weighted by Gasteiger charge is -2.08. The molecule has 0 saturated heterocycles. The smallest absolute Gasteiger partial charge is 0.339 e. The van der Waals surface area contributed by atoms with E-state index >= 15 is 0 Å². The van der Waals surface area contributed by atoms with Crippen molar-refractivity contribution >= 4 is 35.1 Å². The number of halogens is 1. The van der Waals surface area contributed by atoms with Gasteiger partial charge < -0.3 is 15.8 Å². The molecule has 0 atom stereocenters. The molecule has 0 unspecified atom stereocenters. The van der Waals surface area contributed by atoms with Crippen LogP contribution in [0.15, 0.2) is 42.5 Å². The normalized spacial score (nSPS) is 10.0. The molecule has 6 nitrogen and oxygen atoms in total. The number of esters is 1. The van der Waals surface area contributed by atoms with Crippen LogP contribution in [-0.2, 0) is 4.74 Å². The van der Waals surface area contributed by atoms with Crippen LogP contribution in [0.25, 0.3) is 0 Å². The van der Waals surface area contributed by atoms with Crippen LogP contribution in [-0.4, -0.2) is 24.9 Å². The summed E-state index contributed by atoms with van der Waals surface area (Å²) in [7, 11) is 1.24. The van der Waals surface area contributed by atoms with E-state index in [4.69, 9.17) is 17.3 Å². The van der Waals surface area contributed by atoms with E-state index in [0.29, 0.717) is 16.8 Å². The van der Waals surface area contributed by atoms with Gasteiger partial charge in [-0.2, -0.15) is 0 Å². The summed E-state index contributed by atoms with van der Waals surface area (Å²) >= 11 is 5.91. The Bertz CT molecular complexity index is 772. The molecular formula is C16H13ClN2O4. The first-order valence-corrected chi connectivity index (χ1v) is 6.89. The lowest BCUT2D eigenvalue weighted by molar-refractivity contribution is 0.0600. The Kier molecular flexibility index (Phi) is 4.98. The Balaban J connectivity index is 2.20. The molecule has 0 aromatic heterocycles. The number of anilines is 1. The summed E-state index contributed by atoms with van der Waals surface area (Å²) in [4.78, 5) is 34.7. The molecule has 0 aliphatic carbocycles. The number of nitrogens with two attached hydrogens (primary N) is 1. The number of carbonyl (C=O) groups is 3. The lowest BCUT2D eigenvalue weighted by Crippen LogP contribution is -2.14. The Morgan fingerprint density at radius 2 is 1.65 bits per heavy atom. The lowest BCUT2D eigenvalue weighted by atomic mass is 10.1. The number of ether oxygens (including phenoxy) is 1. The van der Waals surface area contributed by atoms with Gasteiger partial charge in [0, 0.05) is 16.8 Å². The van der Waals surface area contributed by atoms with Crippen LogP contribution in [0, 0.1) is 0 Å². The minimum Gasteiger partial charge on any atom is -0.465 e. The number of nitrogens with one attached hydrogen (secondary N) is 1. The Labute approximate surface area is 137 Å². The number of hydrogen-bond acceptors (Lipinski definition) is 4. The number of benzene rings is 2. The molecule has 2 rings (SSSR count). The molecule has 0 radical (unpaired) electrons. The summed E-state index contributed by atoms with van der Waals surface area (Å²) in [5, 5.41) is 2.85. The van der Waals surface area contributed by atoms with Gasteiger partial charge >= 0.3 is 5.97 Å². The first-order valence-electron chi connectivity index (χ1n) is 6.51. The predicted molar refractivity (Wildman–Crippen MR) is 85.7 cm³/mol. The fourth-order valence-corrected chi connectivity index (χ4v) is 2.05. The maximum atomic E-state index is 12.2. The molecule has 0 bridgehead atoms. The second kappa shape index (κ2) is 6.93. The largest absolute Gasteiger partial charge is 0.465 e. The van der Waals surface area contributed by atoms with E-state index < -0.39 is 17.8 Å². The van der Waals surface area contributed by atoms with Gasteiger partial charge in [0.25, 0.3) is 5.91 Å². The second-order valence-electron chi connectivity index (χ2n) is 4.58. The fraction of sp³-hybridized carbons (Fsp3) is 0.0625. The molecule has 0 fully saturated rings. The van der Waals surface area contributed by atoms with Crippen molar-refractivity contribution in [3.05, 3.63) is 64.2 Å². The topological polar surface area (TPSA) is 98.5 Å². The number of primary amides is 1. The van der Waals surface area contributed by atoms with Crippen LogP contribution in [0.2, 0.25) is 5.02 Å². The van der Waals surface area contributed by atoms with Crippen molar-refractivity contribution in [2.45, 2.75) is 0 Å². The molecule has 3 N–H and O–H groups in total. The van der Waals surface area contributed by atoms with Gasteiger partial charge in [0.05, 0.1) is 17.7 Å². The molecule has 0 aliphatic rings. The fourth-order valence-electron chi connectivity index (χ4n) is 1.86. The van der Waals surface area contributed by atoms with E-state index in [-0.39, 0.29) is 10.6 Å². The van der Waals surface area contributed by atoms with Crippen LogP contribution in [0.3, 0.4) is 0 Å². The highest BCUT2D eigenvalue weighted by atomic mass is 35.5. The van der Waals surface area contributed by atoms with Gasteiger partial charge in [-0.3, -0.25) is 9.59 Å². The van der Waals surface area contributed by atoms with Gasteiger partial charge in [-0.15, -0.1) is 0 Å². The van der Waals surface area contributed by atoms with Crippen molar-refractivity contribution in [3.63, 3.8) is 0 Å². The monoisotopic (exact) mass is 332 g/mol. The Morgan fingerprint density at radius 1 is 1.04 bits per heavy atom. The third kappa shape index (κ3) is 3.87. The maximum Gasteiger partial charge on any atom is 0.339 e. The van der Waals surface area contributed by atoms with E-state index in [1.54, 1.807) is 6.07 Å². The summed E-state index contributed by atoms with van der Waals surface area (Å²) < 4.78 is 4.62. The summed E-state index contributed by atoms with van der Waals surface area (Å²) in [5.74, 6) is -1.58. The quantitative estimate of drug-likeness (QED) is 0.840. The molecule has 0 saturated carbocycles. The van der Waals surface area contributed by atoms with Gasteiger partial charge in [0.2, 0.25) is 5.91 Å². The van der Waals surface area contributed by atoms with Crippen molar-refractivity contribution in [1.82, 2.24) is 0 Å². The zero-order chi connectivity index (χ0) is 17.0. The molecule has 2 aromatic carbocycles. The molecular weight excluding hydrogens is 320 g/mol. The number of rotatable bonds is 4. The molecule has 2 amide bonds. The number of hydrogen-bond donors (Lipinski definition) is 2. The van der Waals surface area contributed by atoms with Crippen molar-refractivity contribution in [3.8, 4) is 0 Å². The predicted octanol–water partition coefficient (Wildman–Crippen LogP) is 2.48. The second-order valence-corrected chi connectivity index (χ2v) is 4.99. The van der Waals surface area contributed by atoms with E-state index in [0.717, 1.165) is 0 Å². The van der Waals surface area contributed by atoms with Gasteiger partial charge in [0.15, 0.2) is 0 Å². The van der Waals surface area contributed by atoms with Crippen molar-refractivity contribution in [1.29, 1.82) is 0 Å². The first kappa shape index (κ1) is 16.5. The minimum absolute atomic E-state index is 0.149. The summed E-state index contributed by atoms with van der Waals surface area (Å²) in [5.41, 5.74) is 6.32. The molecule has 0 aliphatic heterocycles. The SMILES string of the molecule is COC(=O)c1cc(NC(=O)c2ccc(C(N)=O)cc2)ccc1Cl. The highest BCUT2D eigenvalue weighted by Crippen LogP contribution is 2.22. The average molecular weight is 333 g/mol. The molecule has 7 heteroatoms. The molecule has 0 spiro atoms. The summed E-state index contributed by atoms with van der Waals surface area (Å²) in [6, 6.07) is 10.3. The third-order valence-electron chi connectivity index (χ3n) is 3.06. The van der Waals surface area contributed by atoms with Crippen LogP contribution in [0.4, 0.5) is 5.69 Å². The Morgan fingerprint density at radius 3 is 2.22 bits per heavy atom. The van der Waals surface area contributed by atoms with Gasteiger partial charge in [0.1, 0.15) is 0 Å². The molecule has 118 valence electrons. The van der Waals surface area contributed by atoms with Crippen LogP contribution in [0.5, 0.6) is 0 Å². The van der Waals surface area contributed by atoms with E-state index in [2.05, 4.69) is 10.1 Å². The van der Waals surface area contributed by atoms with Crippen LogP contribution in [0.1, 0.15) is 31.1 Å². The Hall–Kier alpha value is -2.86. The highest BCUT2D eigenvalue weighted by Gasteiger charge is 2.13. The zero-order valence-corrected chi connectivity index (χ0v) is 12.9. The highest BCUT2D eigenvalue weighted by molar-refractivity contribution is 6.33. The van der Waals surface area contributed by atoms with Crippen molar-refractivity contribution in [2.24, 2.45) is 5.73 Å².